The lowest BCUT2D eigenvalue weighted by Gasteiger charge is -2.36. The molecule has 86 heavy (non-hydrogen) atoms. The fraction of sp³-hybridized carbons (Fsp3) is 0.475. The summed E-state index contributed by atoms with van der Waals surface area (Å²) >= 11 is 0. The zero-order valence-corrected chi connectivity index (χ0v) is 47.8. The smallest absolute Gasteiger partial charge is 0.340 e. The summed E-state index contributed by atoms with van der Waals surface area (Å²) < 4.78 is 0. The van der Waals surface area contributed by atoms with E-state index in [1.54, 1.807) is 72.8 Å². The van der Waals surface area contributed by atoms with Crippen LogP contribution in [0.5, 0.6) is 0 Å². The van der Waals surface area contributed by atoms with Gasteiger partial charge in [-0.2, -0.15) is 5.01 Å². The molecule has 0 radical (unpaired) electrons. The minimum absolute atomic E-state index is 0.00546. The largest absolute Gasteiger partial charge is 0.481 e. The van der Waals surface area contributed by atoms with Crippen LogP contribution >= 0.6 is 0 Å². The summed E-state index contributed by atoms with van der Waals surface area (Å²) in [6.07, 6.45) is 1.49. The Kier molecular flexibility index (Phi) is 22.8. The molecule has 7 rings (SSSR count). The van der Waals surface area contributed by atoms with E-state index in [-0.39, 0.29) is 114 Å². The van der Waals surface area contributed by atoms with Crippen LogP contribution in [-0.2, 0) is 51.2 Å². The lowest BCUT2D eigenvalue weighted by molar-refractivity contribution is -0.145. The highest BCUT2D eigenvalue weighted by Crippen LogP contribution is 2.30. The van der Waals surface area contributed by atoms with Crippen LogP contribution in [0.3, 0.4) is 0 Å². The van der Waals surface area contributed by atoms with Gasteiger partial charge in [0.05, 0.1) is 36.2 Å². The van der Waals surface area contributed by atoms with Crippen molar-refractivity contribution in [3.63, 3.8) is 0 Å². The first-order valence-corrected chi connectivity index (χ1v) is 28.9. The summed E-state index contributed by atoms with van der Waals surface area (Å²) in [6.45, 7) is -1.05. The predicted molar refractivity (Wildman–Crippen MR) is 312 cm³/mol. The van der Waals surface area contributed by atoms with Gasteiger partial charge in [0, 0.05) is 58.0 Å². The molecule has 460 valence electrons. The molecule has 0 unspecified atom stereocenters. The number of aliphatic carboxylic acids is 1. The lowest BCUT2D eigenvalue weighted by atomic mass is 9.91. The van der Waals surface area contributed by atoms with Crippen LogP contribution in [0.4, 0.5) is 4.79 Å². The van der Waals surface area contributed by atoms with E-state index in [1.807, 2.05) is 0 Å². The average molecular weight is 1190 g/mol. The highest BCUT2D eigenvalue weighted by molar-refractivity contribution is 6.21. The van der Waals surface area contributed by atoms with Crippen LogP contribution in [-0.4, -0.2) is 194 Å². The van der Waals surface area contributed by atoms with Crippen molar-refractivity contribution in [2.45, 2.75) is 114 Å². The van der Waals surface area contributed by atoms with Crippen LogP contribution < -0.4 is 38.9 Å². The van der Waals surface area contributed by atoms with Gasteiger partial charge in [-0.3, -0.25) is 57.9 Å². The Labute approximate surface area is 496 Å². The van der Waals surface area contributed by atoms with E-state index < -0.39 is 133 Å². The summed E-state index contributed by atoms with van der Waals surface area (Å²) in [5, 5.41) is 30.3. The van der Waals surface area contributed by atoms with Gasteiger partial charge in [0.1, 0.15) is 24.2 Å². The molecule has 4 heterocycles. The molecule has 27 nitrogen and oxygen atoms in total. The summed E-state index contributed by atoms with van der Waals surface area (Å²) in [5.41, 5.74) is 23.3. The second-order valence-corrected chi connectivity index (χ2v) is 21.8. The summed E-state index contributed by atoms with van der Waals surface area (Å²) in [4.78, 5) is 164. The number of rotatable bonds is 29. The minimum atomic E-state index is -1.57. The molecular weight excluding hydrogens is 1110 g/mol. The maximum absolute atomic E-state index is 14.5. The molecule has 3 aromatic rings. The Morgan fingerprint density at radius 2 is 1.15 bits per heavy atom. The second-order valence-electron chi connectivity index (χ2n) is 21.8. The Hall–Kier alpha value is -9.27. The molecule has 0 spiro atoms. The number of aliphatic imine (C=N–C) groups is 2. The number of hydrogen-bond donors (Lipinski definition) is 9. The average Bonchev–Trinajstić information content (AvgIpc) is 3.10. The van der Waals surface area contributed by atoms with Gasteiger partial charge < -0.3 is 63.8 Å². The predicted octanol–water partition coefficient (Wildman–Crippen LogP) is -0.418. The molecule has 4 aliphatic heterocycles. The van der Waals surface area contributed by atoms with Crippen LogP contribution in [0.25, 0.3) is 0 Å². The number of aliphatic hydroxyl groups is 1. The summed E-state index contributed by atoms with van der Waals surface area (Å²) in [5.74, 6) is -9.81. The van der Waals surface area contributed by atoms with Crippen molar-refractivity contribution in [1.29, 1.82) is 0 Å². The fourth-order valence-electron chi connectivity index (χ4n) is 11.4. The number of carbonyl (C=O) groups excluding carboxylic acids is 10. The van der Waals surface area contributed by atoms with Gasteiger partial charge in [-0.15, -0.1) is 0 Å². The molecule has 3 fully saturated rings. The summed E-state index contributed by atoms with van der Waals surface area (Å²) in [6, 6.07) is 16.9. The molecule has 4 aliphatic rings. The molecule has 3 aromatic carbocycles. The quantitative estimate of drug-likeness (QED) is 0.0184. The number of amides is 9. The van der Waals surface area contributed by atoms with Gasteiger partial charge in [-0.1, -0.05) is 72.8 Å². The second kappa shape index (κ2) is 30.5. The molecule has 0 aliphatic carbocycles. The normalized spacial score (nSPS) is 18.5. The van der Waals surface area contributed by atoms with E-state index in [2.05, 4.69) is 25.9 Å². The number of nitrogens with one attached hydrogen (secondary N) is 3. The number of carboxylic acids is 1. The van der Waals surface area contributed by atoms with Crippen LogP contribution in [0.15, 0.2) is 94.9 Å². The van der Waals surface area contributed by atoms with Crippen LogP contribution in [0.2, 0.25) is 0 Å². The number of imide groups is 1. The molecular formula is C59H76N14O13. The summed E-state index contributed by atoms with van der Waals surface area (Å²) in [7, 11) is 0. The van der Waals surface area contributed by atoms with Crippen molar-refractivity contribution in [3.8, 4) is 0 Å². The number of guanidine groups is 2. The first kappa shape index (κ1) is 64.3. The van der Waals surface area contributed by atoms with Crippen molar-refractivity contribution in [2.24, 2.45) is 44.8 Å². The third-order valence-electron chi connectivity index (χ3n) is 15.7. The van der Waals surface area contributed by atoms with E-state index in [0.717, 1.165) is 10.0 Å². The molecule has 0 bridgehead atoms. The van der Waals surface area contributed by atoms with Gasteiger partial charge in [-0.05, 0) is 93.9 Å². The number of nitrogens with zero attached hydrogens (tertiary/aromatic N) is 7. The van der Waals surface area contributed by atoms with Crippen molar-refractivity contribution < 1.29 is 63.0 Å². The van der Waals surface area contributed by atoms with E-state index in [0.29, 0.717) is 30.4 Å². The third-order valence-corrected chi connectivity index (χ3v) is 15.7. The number of benzene rings is 3. The molecule has 3 saturated heterocycles. The Balaban J connectivity index is 0.978. The van der Waals surface area contributed by atoms with Crippen molar-refractivity contribution in [1.82, 2.24) is 40.7 Å². The van der Waals surface area contributed by atoms with E-state index in [9.17, 15) is 63.0 Å². The zero-order chi connectivity index (χ0) is 62.0. The monoisotopic (exact) mass is 1190 g/mol. The SMILES string of the molecule is NC(N)=NCCC[C@H](CC(=O)[C@H](Cc1ccccc1)NC(=O)[C@@H]1CCCN1C(=O)[C@H](CO)NC(=O)[C@@H](CC(=O)CNC(=O)[C@@H]1CCCN1C(=O)[C@@H]1CCCN1C(=O)N(CCCN=C(N)N)N1C(=O)c2ccccc2C1=O)Cc1ccccc1)C(=O)O. The topological polar surface area (TPSA) is 409 Å². The highest BCUT2D eigenvalue weighted by atomic mass is 16.4. The number of likely N-dealkylation sites (tertiary alicyclic amines) is 3. The van der Waals surface area contributed by atoms with Crippen molar-refractivity contribution >= 4 is 76.8 Å². The standard InChI is InChI=1S/C59H76N14O13/c60-57(61)64-24-9-18-38(56(84)85)33-48(76)43(31-37-16-5-2-6-17-37)67-51(79)46-22-11-26-69(46)54(82)44(35-74)68-49(77)39(30-36-14-3-1-4-15-36)32-40(75)34-66-50(78)45-21-10-27-70(45)55(83)47-23-12-28-71(47)59(86)72(29-13-25-65-58(62)63)73-52(80)41-19-7-8-20-42(41)53(73)81/h1-8,14-17,19-20,38-39,43-47,74H,9-13,18,21-35H2,(H,66,78)(H,67,79)(H,68,77)(H,84,85)(H4,60,61,64)(H4,62,63,65)/t38-,39-,43+,44+,45+,46+,47+/m1/s1. The highest BCUT2D eigenvalue weighted by Gasteiger charge is 2.48. The molecule has 0 aromatic heterocycles. The van der Waals surface area contributed by atoms with E-state index >= 15 is 0 Å². The molecule has 27 heteroatoms. The van der Waals surface area contributed by atoms with E-state index in [4.69, 9.17) is 22.9 Å². The number of nitrogens with two attached hydrogens (primary N) is 4. The Bertz CT molecular complexity index is 3010. The number of Topliss-reactive ketones (excluding diaryl/α,β-unsaturated/α-hetero) is 2. The number of carboxylic acid groups (broad SMARTS) is 1. The Morgan fingerprint density at radius 1 is 0.616 bits per heavy atom. The van der Waals surface area contributed by atoms with Crippen LogP contribution in [0, 0.1) is 11.8 Å². The zero-order valence-electron chi connectivity index (χ0n) is 47.8. The Morgan fingerprint density at radius 3 is 1.73 bits per heavy atom. The molecule has 7 atom stereocenters. The van der Waals surface area contributed by atoms with Gasteiger partial charge in [0.2, 0.25) is 29.5 Å². The van der Waals surface area contributed by atoms with Gasteiger partial charge in [0.25, 0.3) is 11.8 Å². The van der Waals surface area contributed by atoms with Crippen LogP contribution in [0.1, 0.15) is 102 Å². The number of urea groups is 1. The van der Waals surface area contributed by atoms with Crippen molar-refractivity contribution in [3.05, 3.63) is 107 Å². The number of fused-ring (bicyclic) bond motifs is 1. The molecule has 9 amide bonds. The maximum Gasteiger partial charge on any atom is 0.340 e. The first-order chi connectivity index (χ1) is 41.3. The number of carbonyl (C=O) groups is 11. The number of hydrazine groups is 1. The number of hydrogen-bond acceptors (Lipinski definition) is 14. The van der Waals surface area contributed by atoms with Crippen molar-refractivity contribution in [2.75, 3.05) is 52.4 Å². The maximum atomic E-state index is 14.5. The van der Waals surface area contributed by atoms with E-state index in [1.165, 1.54) is 26.8 Å². The number of aliphatic hydroxyl groups excluding tert-OH is 1. The van der Waals surface area contributed by atoms with Gasteiger partial charge in [-0.25, -0.2) is 9.80 Å². The first-order valence-electron chi connectivity index (χ1n) is 28.9. The molecule has 13 N–H and O–H groups in total. The fourth-order valence-corrected chi connectivity index (χ4v) is 11.4. The lowest BCUT2D eigenvalue weighted by Crippen LogP contribution is -2.59. The number of ketones is 2. The third kappa shape index (κ3) is 16.5. The van der Waals surface area contributed by atoms with Gasteiger partial charge >= 0.3 is 12.0 Å². The molecule has 0 saturated carbocycles. The van der Waals surface area contributed by atoms with Gasteiger partial charge in [0.15, 0.2) is 23.5 Å². The minimum Gasteiger partial charge on any atom is -0.481 e.